The maximum atomic E-state index is 3.21. The van der Waals surface area contributed by atoms with Gasteiger partial charge in [0.2, 0.25) is 0 Å². The second-order valence-electron chi connectivity index (χ2n) is 5.53. The Balaban J connectivity index is 3.26. The summed E-state index contributed by atoms with van der Waals surface area (Å²) in [6, 6.07) is 0. The molecule has 0 fully saturated rings. The van der Waals surface area contributed by atoms with Crippen LogP contribution in [0, 0.1) is 11.8 Å². The van der Waals surface area contributed by atoms with E-state index in [4.69, 9.17) is 0 Å². The van der Waals surface area contributed by atoms with E-state index in [0.717, 1.165) is 11.8 Å². The summed E-state index contributed by atoms with van der Waals surface area (Å²) in [6.45, 7) is 8.30. The largest absolute Gasteiger partial charge is 0.320 e. The molecular weight excluding hydrogens is 194 g/mol. The van der Waals surface area contributed by atoms with Gasteiger partial charge in [-0.1, -0.05) is 65.7 Å². The van der Waals surface area contributed by atoms with Gasteiger partial charge in [0.05, 0.1) is 0 Å². The van der Waals surface area contributed by atoms with Gasteiger partial charge in [0.1, 0.15) is 0 Å². The Kier molecular flexibility index (Phi) is 11.4. The van der Waals surface area contributed by atoms with Gasteiger partial charge in [-0.25, -0.2) is 0 Å². The molecule has 0 amide bonds. The van der Waals surface area contributed by atoms with Crippen LogP contribution >= 0.6 is 0 Å². The number of nitrogens with one attached hydrogen (secondary N) is 1. The predicted octanol–water partition coefficient (Wildman–Crippen LogP) is 4.62. The normalized spacial score (nSPS) is 15.0. The van der Waals surface area contributed by atoms with Gasteiger partial charge in [-0.05, 0) is 31.8 Å². The highest BCUT2D eigenvalue weighted by atomic mass is 14.8. The van der Waals surface area contributed by atoms with Crippen LogP contribution in [0.5, 0.6) is 0 Å². The second kappa shape index (κ2) is 11.4. The lowest BCUT2D eigenvalue weighted by Crippen LogP contribution is -2.07. The van der Waals surface area contributed by atoms with Gasteiger partial charge >= 0.3 is 0 Å². The fourth-order valence-electron chi connectivity index (χ4n) is 2.39. The van der Waals surface area contributed by atoms with Crippen molar-refractivity contribution in [2.24, 2.45) is 11.8 Å². The van der Waals surface area contributed by atoms with E-state index in [1.165, 1.54) is 57.9 Å². The molecule has 0 aliphatic carbocycles. The summed E-state index contributed by atoms with van der Waals surface area (Å²) in [4.78, 5) is 0. The Bertz CT molecular complexity index is 133. The zero-order chi connectivity index (χ0) is 12.2. The van der Waals surface area contributed by atoms with Crippen LogP contribution in [0.1, 0.15) is 72.1 Å². The molecule has 98 valence electrons. The van der Waals surface area contributed by atoms with Crippen molar-refractivity contribution in [2.45, 2.75) is 72.1 Å². The lowest BCUT2D eigenvalue weighted by molar-refractivity contribution is 0.400. The van der Waals surface area contributed by atoms with Crippen molar-refractivity contribution >= 4 is 0 Å². The molecule has 0 saturated heterocycles. The Morgan fingerprint density at radius 2 is 1.38 bits per heavy atom. The lowest BCUT2D eigenvalue weighted by atomic mass is 9.93. The fraction of sp³-hybridized carbons (Fsp3) is 1.00. The molecule has 2 atom stereocenters. The zero-order valence-corrected chi connectivity index (χ0v) is 12.0. The monoisotopic (exact) mass is 227 g/mol. The summed E-state index contributed by atoms with van der Waals surface area (Å²) in [5, 5.41) is 3.21. The van der Waals surface area contributed by atoms with Crippen LogP contribution in [0.4, 0.5) is 0 Å². The van der Waals surface area contributed by atoms with Crippen molar-refractivity contribution in [1.82, 2.24) is 5.32 Å². The standard InChI is InChI=1S/C15H33N/c1-5-9-14(2)11-8-12-15(3)10-6-7-13-16-4/h14-16H,5-13H2,1-4H3. The lowest BCUT2D eigenvalue weighted by Gasteiger charge is -2.13. The Hall–Kier alpha value is -0.0400. The summed E-state index contributed by atoms with van der Waals surface area (Å²) in [6.07, 6.45) is 11.2. The molecule has 0 heterocycles. The number of rotatable bonds is 11. The van der Waals surface area contributed by atoms with Crippen molar-refractivity contribution in [3.05, 3.63) is 0 Å². The van der Waals surface area contributed by atoms with Crippen LogP contribution in [-0.2, 0) is 0 Å². The number of unbranched alkanes of at least 4 members (excludes halogenated alkanes) is 1. The Morgan fingerprint density at radius 3 is 1.94 bits per heavy atom. The summed E-state index contributed by atoms with van der Waals surface area (Å²) in [5.41, 5.74) is 0. The summed E-state index contributed by atoms with van der Waals surface area (Å²) >= 11 is 0. The molecule has 16 heavy (non-hydrogen) atoms. The first-order chi connectivity index (χ1) is 7.70. The van der Waals surface area contributed by atoms with E-state index < -0.39 is 0 Å². The fourth-order valence-corrected chi connectivity index (χ4v) is 2.39. The van der Waals surface area contributed by atoms with Gasteiger partial charge in [0.15, 0.2) is 0 Å². The van der Waals surface area contributed by atoms with Gasteiger partial charge in [-0.3, -0.25) is 0 Å². The van der Waals surface area contributed by atoms with Crippen LogP contribution in [-0.4, -0.2) is 13.6 Å². The minimum Gasteiger partial charge on any atom is -0.320 e. The third-order valence-electron chi connectivity index (χ3n) is 3.55. The molecule has 0 aromatic rings. The van der Waals surface area contributed by atoms with E-state index in [1.807, 2.05) is 7.05 Å². The summed E-state index contributed by atoms with van der Waals surface area (Å²) < 4.78 is 0. The number of hydrogen-bond acceptors (Lipinski definition) is 1. The maximum absolute atomic E-state index is 3.21. The van der Waals surface area contributed by atoms with Gasteiger partial charge < -0.3 is 5.32 Å². The van der Waals surface area contributed by atoms with Gasteiger partial charge in [0, 0.05) is 0 Å². The third kappa shape index (κ3) is 10.5. The van der Waals surface area contributed by atoms with Gasteiger partial charge in [0.25, 0.3) is 0 Å². The van der Waals surface area contributed by atoms with E-state index in [0.29, 0.717) is 0 Å². The van der Waals surface area contributed by atoms with Crippen molar-refractivity contribution in [1.29, 1.82) is 0 Å². The molecule has 0 spiro atoms. The minimum atomic E-state index is 0.936. The molecule has 0 aromatic carbocycles. The molecular formula is C15H33N. The van der Waals surface area contributed by atoms with Crippen molar-refractivity contribution < 1.29 is 0 Å². The molecule has 0 aliphatic rings. The van der Waals surface area contributed by atoms with E-state index in [9.17, 15) is 0 Å². The molecule has 0 radical (unpaired) electrons. The van der Waals surface area contributed by atoms with E-state index in [1.54, 1.807) is 0 Å². The van der Waals surface area contributed by atoms with Crippen LogP contribution in [0.25, 0.3) is 0 Å². The molecule has 0 aromatic heterocycles. The third-order valence-corrected chi connectivity index (χ3v) is 3.55. The maximum Gasteiger partial charge on any atom is -0.00519 e. The highest BCUT2D eigenvalue weighted by molar-refractivity contribution is 4.58. The molecule has 2 unspecified atom stereocenters. The predicted molar refractivity (Wildman–Crippen MR) is 74.9 cm³/mol. The summed E-state index contributed by atoms with van der Waals surface area (Å²) in [7, 11) is 2.04. The summed E-state index contributed by atoms with van der Waals surface area (Å²) in [5.74, 6) is 1.88. The second-order valence-corrected chi connectivity index (χ2v) is 5.53. The molecule has 0 bridgehead atoms. The molecule has 1 N–H and O–H groups in total. The Morgan fingerprint density at radius 1 is 0.812 bits per heavy atom. The Labute approximate surface area is 103 Å². The SMILES string of the molecule is CCCC(C)CCCC(C)CCCCNC. The zero-order valence-electron chi connectivity index (χ0n) is 12.0. The first-order valence-electron chi connectivity index (χ1n) is 7.35. The molecule has 1 nitrogen and oxygen atoms in total. The minimum absolute atomic E-state index is 0.936. The van der Waals surface area contributed by atoms with Gasteiger partial charge in [-0.15, -0.1) is 0 Å². The molecule has 0 rings (SSSR count). The molecule has 0 aliphatic heterocycles. The number of hydrogen-bond donors (Lipinski definition) is 1. The average molecular weight is 227 g/mol. The van der Waals surface area contributed by atoms with Crippen LogP contribution < -0.4 is 5.32 Å². The van der Waals surface area contributed by atoms with Crippen molar-refractivity contribution in [2.75, 3.05) is 13.6 Å². The van der Waals surface area contributed by atoms with E-state index in [2.05, 4.69) is 26.1 Å². The highest BCUT2D eigenvalue weighted by Gasteiger charge is 2.04. The van der Waals surface area contributed by atoms with E-state index in [-0.39, 0.29) is 0 Å². The quantitative estimate of drug-likeness (QED) is 0.508. The van der Waals surface area contributed by atoms with Crippen molar-refractivity contribution in [3.63, 3.8) is 0 Å². The van der Waals surface area contributed by atoms with Crippen LogP contribution in [0.2, 0.25) is 0 Å². The molecule has 0 saturated carbocycles. The average Bonchev–Trinajstić information content (AvgIpc) is 2.25. The van der Waals surface area contributed by atoms with Crippen LogP contribution in [0.15, 0.2) is 0 Å². The van der Waals surface area contributed by atoms with E-state index >= 15 is 0 Å². The van der Waals surface area contributed by atoms with Gasteiger partial charge in [-0.2, -0.15) is 0 Å². The smallest absolute Gasteiger partial charge is 0.00519 e. The first kappa shape index (κ1) is 16.0. The first-order valence-corrected chi connectivity index (χ1v) is 7.35. The molecule has 1 heteroatoms. The van der Waals surface area contributed by atoms with Crippen molar-refractivity contribution in [3.8, 4) is 0 Å². The topological polar surface area (TPSA) is 12.0 Å². The highest BCUT2D eigenvalue weighted by Crippen LogP contribution is 2.19. The van der Waals surface area contributed by atoms with Crippen LogP contribution in [0.3, 0.4) is 0 Å².